The van der Waals surface area contributed by atoms with Crippen molar-refractivity contribution in [3.8, 4) is 0 Å². The maximum atomic E-state index is 12.2. The lowest BCUT2D eigenvalue weighted by Crippen LogP contribution is -2.00. The Kier molecular flexibility index (Phi) is 4.72. The standard InChI is InChI=1S/C16H14ClN5O4/c1-10-13(8-20(2)18-10)15(23)6-5-11-3-4-12(26-11)7-21-9-14(17)16(19-21)22(24)25/h3-6,8-9H,7H2,1-2H3/b6-5+. The largest absolute Gasteiger partial charge is 0.460 e. The second kappa shape index (κ2) is 6.96. The van der Waals surface area contributed by atoms with Gasteiger partial charge in [0.1, 0.15) is 18.1 Å². The molecule has 3 heterocycles. The van der Waals surface area contributed by atoms with Gasteiger partial charge in [-0.3, -0.25) is 9.48 Å². The van der Waals surface area contributed by atoms with E-state index in [1.165, 1.54) is 17.0 Å². The van der Waals surface area contributed by atoms with Crippen LogP contribution in [0.4, 0.5) is 5.82 Å². The first-order valence-corrected chi connectivity index (χ1v) is 7.90. The predicted molar refractivity (Wildman–Crippen MR) is 93.0 cm³/mol. The normalized spacial score (nSPS) is 11.3. The molecule has 0 aliphatic heterocycles. The number of nitro groups is 1. The van der Waals surface area contributed by atoms with Crippen LogP contribution in [0.1, 0.15) is 27.6 Å². The van der Waals surface area contributed by atoms with Crippen molar-refractivity contribution in [2.75, 3.05) is 0 Å². The Hall–Kier alpha value is -3.20. The molecule has 3 aromatic heterocycles. The number of allylic oxidation sites excluding steroid dienone is 1. The van der Waals surface area contributed by atoms with Gasteiger partial charge in [0.2, 0.25) is 0 Å². The fraction of sp³-hybridized carbons (Fsp3) is 0.188. The lowest BCUT2D eigenvalue weighted by Gasteiger charge is -1.93. The predicted octanol–water partition coefficient (Wildman–Crippen LogP) is 3.02. The fourth-order valence-electron chi connectivity index (χ4n) is 2.41. The number of rotatable bonds is 6. The summed E-state index contributed by atoms with van der Waals surface area (Å²) in [7, 11) is 1.75. The molecular formula is C16H14ClN5O4. The molecule has 26 heavy (non-hydrogen) atoms. The monoisotopic (exact) mass is 375 g/mol. The van der Waals surface area contributed by atoms with Crippen LogP contribution in [0.3, 0.4) is 0 Å². The average Bonchev–Trinajstić information content (AvgIpc) is 3.25. The van der Waals surface area contributed by atoms with E-state index in [1.807, 2.05) is 0 Å². The summed E-state index contributed by atoms with van der Waals surface area (Å²) >= 11 is 5.76. The number of hydrogen-bond acceptors (Lipinski definition) is 6. The van der Waals surface area contributed by atoms with Crippen molar-refractivity contribution in [1.29, 1.82) is 0 Å². The van der Waals surface area contributed by atoms with Crippen LogP contribution in [-0.4, -0.2) is 30.3 Å². The zero-order chi connectivity index (χ0) is 18.8. The molecule has 0 unspecified atom stereocenters. The molecule has 0 bridgehead atoms. The highest BCUT2D eigenvalue weighted by Crippen LogP contribution is 2.22. The quantitative estimate of drug-likeness (QED) is 0.283. The number of nitrogens with zero attached hydrogens (tertiary/aromatic N) is 5. The van der Waals surface area contributed by atoms with Crippen molar-refractivity contribution in [3.05, 3.63) is 68.5 Å². The molecular weight excluding hydrogens is 362 g/mol. The molecule has 0 atom stereocenters. The zero-order valence-electron chi connectivity index (χ0n) is 13.9. The van der Waals surface area contributed by atoms with Gasteiger partial charge in [-0.1, -0.05) is 11.6 Å². The SMILES string of the molecule is Cc1nn(C)cc1C(=O)/C=C/c1ccc(Cn2cc(Cl)c([N+](=O)[O-])n2)o1. The number of furan rings is 1. The number of hydrogen-bond donors (Lipinski definition) is 0. The number of aryl methyl sites for hydroxylation is 2. The molecule has 0 aliphatic carbocycles. The summed E-state index contributed by atoms with van der Waals surface area (Å²) < 4.78 is 8.48. The van der Waals surface area contributed by atoms with Crippen molar-refractivity contribution in [3.63, 3.8) is 0 Å². The van der Waals surface area contributed by atoms with Crippen molar-refractivity contribution in [2.45, 2.75) is 13.5 Å². The zero-order valence-corrected chi connectivity index (χ0v) is 14.7. The summed E-state index contributed by atoms with van der Waals surface area (Å²) in [5.41, 5.74) is 1.17. The van der Waals surface area contributed by atoms with E-state index in [2.05, 4.69) is 10.2 Å². The lowest BCUT2D eigenvalue weighted by atomic mass is 10.1. The summed E-state index contributed by atoms with van der Waals surface area (Å²) in [6.45, 7) is 1.94. The molecule has 0 radical (unpaired) electrons. The summed E-state index contributed by atoms with van der Waals surface area (Å²) in [4.78, 5) is 22.3. The fourth-order valence-corrected chi connectivity index (χ4v) is 2.63. The van der Waals surface area contributed by atoms with Gasteiger partial charge in [0.05, 0.1) is 22.6 Å². The van der Waals surface area contributed by atoms with E-state index in [0.29, 0.717) is 22.8 Å². The van der Waals surface area contributed by atoms with Crippen molar-refractivity contribution < 1.29 is 14.1 Å². The van der Waals surface area contributed by atoms with E-state index in [-0.39, 0.29) is 17.4 Å². The molecule has 3 rings (SSSR count). The minimum atomic E-state index is -0.652. The Balaban J connectivity index is 1.70. The van der Waals surface area contributed by atoms with Crippen LogP contribution >= 0.6 is 11.6 Å². The lowest BCUT2D eigenvalue weighted by molar-refractivity contribution is -0.389. The van der Waals surface area contributed by atoms with E-state index in [9.17, 15) is 14.9 Å². The minimum absolute atomic E-state index is 0.0425. The van der Waals surface area contributed by atoms with Crippen LogP contribution in [0.25, 0.3) is 6.08 Å². The maximum absolute atomic E-state index is 12.2. The second-order valence-corrected chi connectivity index (χ2v) is 5.97. The number of carbonyl (C=O) groups excluding carboxylic acids is 1. The van der Waals surface area contributed by atoms with Gasteiger partial charge in [-0.15, -0.1) is 0 Å². The van der Waals surface area contributed by atoms with Crippen LogP contribution in [0.15, 0.2) is 35.0 Å². The van der Waals surface area contributed by atoms with Crippen molar-refractivity contribution in [1.82, 2.24) is 19.6 Å². The molecule has 0 aliphatic rings. The Morgan fingerprint density at radius 3 is 2.77 bits per heavy atom. The highest BCUT2D eigenvalue weighted by atomic mass is 35.5. The van der Waals surface area contributed by atoms with Gasteiger partial charge >= 0.3 is 5.82 Å². The van der Waals surface area contributed by atoms with Crippen molar-refractivity contribution >= 4 is 29.3 Å². The first-order valence-electron chi connectivity index (χ1n) is 7.52. The van der Waals surface area contributed by atoms with Gasteiger partial charge in [-0.25, -0.2) is 0 Å². The van der Waals surface area contributed by atoms with E-state index in [1.54, 1.807) is 43.1 Å². The van der Waals surface area contributed by atoms with E-state index in [4.69, 9.17) is 16.0 Å². The molecule has 0 aromatic carbocycles. The Morgan fingerprint density at radius 1 is 1.38 bits per heavy atom. The van der Waals surface area contributed by atoms with Crippen LogP contribution in [0, 0.1) is 17.0 Å². The number of carbonyl (C=O) groups is 1. The molecule has 0 amide bonds. The third-order valence-corrected chi connectivity index (χ3v) is 3.82. The molecule has 3 aromatic rings. The van der Waals surface area contributed by atoms with Crippen LogP contribution in [0.5, 0.6) is 0 Å². The Labute approximate surface area is 152 Å². The van der Waals surface area contributed by atoms with Crippen LogP contribution < -0.4 is 0 Å². The van der Waals surface area contributed by atoms with E-state index < -0.39 is 10.7 Å². The molecule has 10 heteroatoms. The first-order chi connectivity index (χ1) is 12.3. The first kappa shape index (κ1) is 17.6. The molecule has 134 valence electrons. The highest BCUT2D eigenvalue weighted by molar-refractivity contribution is 6.32. The third kappa shape index (κ3) is 3.72. The van der Waals surface area contributed by atoms with E-state index >= 15 is 0 Å². The maximum Gasteiger partial charge on any atom is 0.408 e. The summed E-state index contributed by atoms with van der Waals surface area (Å²) in [5.74, 6) is 0.408. The molecule has 0 spiro atoms. The molecule has 0 N–H and O–H groups in total. The topological polar surface area (TPSA) is 109 Å². The number of aromatic nitrogens is 4. The van der Waals surface area contributed by atoms with Crippen LogP contribution in [0.2, 0.25) is 5.02 Å². The van der Waals surface area contributed by atoms with Gasteiger partial charge in [0, 0.05) is 13.2 Å². The molecule has 0 saturated carbocycles. The van der Waals surface area contributed by atoms with Crippen LogP contribution in [-0.2, 0) is 13.6 Å². The molecule has 9 nitrogen and oxygen atoms in total. The number of halogens is 1. The highest BCUT2D eigenvalue weighted by Gasteiger charge is 2.19. The molecule has 0 saturated heterocycles. The van der Waals surface area contributed by atoms with Gasteiger partial charge in [-0.2, -0.15) is 9.78 Å². The van der Waals surface area contributed by atoms with Gasteiger partial charge < -0.3 is 14.5 Å². The minimum Gasteiger partial charge on any atom is -0.460 e. The van der Waals surface area contributed by atoms with Gasteiger partial charge in [0.25, 0.3) is 0 Å². The third-order valence-electron chi connectivity index (χ3n) is 3.55. The summed E-state index contributed by atoms with van der Waals surface area (Å²) in [6.07, 6.45) is 5.97. The smallest absolute Gasteiger partial charge is 0.408 e. The molecule has 0 fully saturated rings. The second-order valence-electron chi connectivity index (χ2n) is 5.56. The summed E-state index contributed by atoms with van der Waals surface area (Å²) in [6, 6.07) is 3.38. The van der Waals surface area contributed by atoms with E-state index in [0.717, 1.165) is 0 Å². The van der Waals surface area contributed by atoms with Gasteiger partial charge in [0.15, 0.2) is 10.8 Å². The summed E-state index contributed by atoms with van der Waals surface area (Å²) in [5, 5.41) is 18.6. The number of ketones is 1. The van der Waals surface area contributed by atoms with Crippen molar-refractivity contribution in [2.24, 2.45) is 7.05 Å². The Morgan fingerprint density at radius 2 is 2.15 bits per heavy atom. The van der Waals surface area contributed by atoms with Gasteiger partial charge in [-0.05, 0) is 36.1 Å². The Bertz CT molecular complexity index is 1010. The average molecular weight is 376 g/mol.